The van der Waals surface area contributed by atoms with Crippen LogP contribution < -0.4 is 5.32 Å². The van der Waals surface area contributed by atoms with Crippen LogP contribution in [-0.4, -0.2) is 19.8 Å². The highest BCUT2D eigenvalue weighted by atomic mass is 32.1. The quantitative estimate of drug-likeness (QED) is 0.638. The van der Waals surface area contributed by atoms with E-state index in [1.54, 1.807) is 0 Å². The first-order chi connectivity index (χ1) is 8.38. The maximum Gasteiger partial charge on any atom is 0.0478 e. The van der Waals surface area contributed by atoms with Gasteiger partial charge < -0.3 is 10.1 Å². The van der Waals surface area contributed by atoms with E-state index >= 15 is 0 Å². The first-order valence-electron chi connectivity index (χ1n) is 6.73. The van der Waals surface area contributed by atoms with Crippen LogP contribution in [0.2, 0.25) is 0 Å². The van der Waals surface area contributed by atoms with Crippen molar-refractivity contribution in [1.82, 2.24) is 5.32 Å². The van der Waals surface area contributed by atoms with Crippen LogP contribution >= 0.6 is 11.3 Å². The van der Waals surface area contributed by atoms with E-state index in [0.717, 1.165) is 32.6 Å². The minimum Gasteiger partial charge on any atom is -0.381 e. The largest absolute Gasteiger partial charge is 0.381 e. The van der Waals surface area contributed by atoms with Gasteiger partial charge in [-0.1, -0.05) is 26.3 Å². The number of thiophene rings is 1. The minimum atomic E-state index is 0.519. The summed E-state index contributed by atoms with van der Waals surface area (Å²) in [5, 5.41) is 5.74. The third-order valence-electron chi connectivity index (χ3n) is 2.79. The lowest BCUT2D eigenvalue weighted by Crippen LogP contribution is -2.22. The van der Waals surface area contributed by atoms with E-state index in [0.29, 0.717) is 6.04 Å². The molecule has 0 aromatic carbocycles. The summed E-state index contributed by atoms with van der Waals surface area (Å²) in [5.41, 5.74) is 0. The van der Waals surface area contributed by atoms with Crippen LogP contribution in [-0.2, 0) is 4.74 Å². The van der Waals surface area contributed by atoms with Gasteiger partial charge in [0.2, 0.25) is 0 Å². The number of ether oxygens (including phenoxy) is 1. The zero-order chi connectivity index (χ0) is 12.3. The predicted octanol–water partition coefficient (Wildman–Crippen LogP) is 4.00. The SMILES string of the molecule is CCCCOCCCNC(CC)c1cccs1. The molecule has 3 heteroatoms. The van der Waals surface area contributed by atoms with Crippen LogP contribution in [0.15, 0.2) is 17.5 Å². The molecule has 17 heavy (non-hydrogen) atoms. The summed E-state index contributed by atoms with van der Waals surface area (Å²) in [6, 6.07) is 4.85. The molecule has 1 heterocycles. The van der Waals surface area contributed by atoms with Crippen molar-refractivity contribution in [3.05, 3.63) is 22.4 Å². The molecule has 1 aromatic rings. The average Bonchev–Trinajstić information content (AvgIpc) is 2.86. The van der Waals surface area contributed by atoms with Crippen molar-refractivity contribution >= 4 is 11.3 Å². The minimum absolute atomic E-state index is 0.519. The van der Waals surface area contributed by atoms with E-state index in [-0.39, 0.29) is 0 Å². The maximum atomic E-state index is 5.54. The molecule has 0 aliphatic rings. The first-order valence-corrected chi connectivity index (χ1v) is 7.61. The Morgan fingerprint density at radius 2 is 2.12 bits per heavy atom. The molecule has 1 unspecified atom stereocenters. The van der Waals surface area contributed by atoms with Gasteiger partial charge in [0, 0.05) is 24.1 Å². The monoisotopic (exact) mass is 255 g/mol. The molecule has 0 saturated carbocycles. The lowest BCUT2D eigenvalue weighted by atomic mass is 10.2. The molecule has 0 aliphatic carbocycles. The first kappa shape index (κ1) is 14.7. The Balaban J connectivity index is 2.04. The number of hydrogen-bond donors (Lipinski definition) is 1. The average molecular weight is 255 g/mol. The Labute approximate surface area is 109 Å². The van der Waals surface area contributed by atoms with Crippen LogP contribution in [0.1, 0.15) is 50.4 Å². The zero-order valence-electron chi connectivity index (χ0n) is 11.1. The Hall–Kier alpha value is -0.380. The van der Waals surface area contributed by atoms with Gasteiger partial charge >= 0.3 is 0 Å². The molecule has 0 fully saturated rings. The number of hydrogen-bond acceptors (Lipinski definition) is 3. The van der Waals surface area contributed by atoms with Gasteiger partial charge in [-0.15, -0.1) is 11.3 Å². The highest BCUT2D eigenvalue weighted by molar-refractivity contribution is 7.10. The van der Waals surface area contributed by atoms with Crippen LogP contribution in [0.4, 0.5) is 0 Å². The molecular weight excluding hydrogens is 230 g/mol. The smallest absolute Gasteiger partial charge is 0.0478 e. The highest BCUT2D eigenvalue weighted by Crippen LogP contribution is 2.21. The van der Waals surface area contributed by atoms with Crippen molar-refractivity contribution in [1.29, 1.82) is 0 Å². The van der Waals surface area contributed by atoms with E-state index < -0.39 is 0 Å². The molecule has 0 saturated heterocycles. The van der Waals surface area contributed by atoms with Gasteiger partial charge in [-0.3, -0.25) is 0 Å². The van der Waals surface area contributed by atoms with E-state index in [1.165, 1.54) is 17.7 Å². The summed E-state index contributed by atoms with van der Waals surface area (Å²) < 4.78 is 5.54. The molecule has 98 valence electrons. The Bertz CT molecular complexity index is 261. The molecule has 1 N–H and O–H groups in total. The van der Waals surface area contributed by atoms with E-state index in [4.69, 9.17) is 4.74 Å². The van der Waals surface area contributed by atoms with E-state index in [1.807, 2.05) is 11.3 Å². The van der Waals surface area contributed by atoms with E-state index in [2.05, 4.69) is 36.7 Å². The fraction of sp³-hybridized carbons (Fsp3) is 0.714. The molecule has 1 aromatic heterocycles. The van der Waals surface area contributed by atoms with E-state index in [9.17, 15) is 0 Å². The molecule has 0 spiro atoms. The Morgan fingerprint density at radius 3 is 2.76 bits per heavy atom. The van der Waals surface area contributed by atoms with Gasteiger partial charge in [-0.25, -0.2) is 0 Å². The van der Waals surface area contributed by atoms with Gasteiger partial charge in [-0.05, 0) is 37.3 Å². The molecule has 1 atom stereocenters. The summed E-state index contributed by atoms with van der Waals surface area (Å²) >= 11 is 1.84. The zero-order valence-corrected chi connectivity index (χ0v) is 11.9. The Kier molecular flexibility index (Phi) is 8.32. The summed E-state index contributed by atoms with van der Waals surface area (Å²) in [7, 11) is 0. The topological polar surface area (TPSA) is 21.3 Å². The second-order valence-corrected chi connectivity index (χ2v) is 5.23. The lowest BCUT2D eigenvalue weighted by molar-refractivity contribution is 0.128. The van der Waals surface area contributed by atoms with Crippen molar-refractivity contribution < 1.29 is 4.74 Å². The number of nitrogens with one attached hydrogen (secondary N) is 1. The molecule has 1 rings (SSSR count). The van der Waals surface area contributed by atoms with Crippen molar-refractivity contribution in [2.45, 2.75) is 45.6 Å². The van der Waals surface area contributed by atoms with Gasteiger partial charge in [0.15, 0.2) is 0 Å². The predicted molar refractivity (Wildman–Crippen MR) is 75.7 cm³/mol. The fourth-order valence-electron chi connectivity index (χ4n) is 1.73. The summed E-state index contributed by atoms with van der Waals surface area (Å²) in [4.78, 5) is 1.44. The summed E-state index contributed by atoms with van der Waals surface area (Å²) in [5.74, 6) is 0. The number of rotatable bonds is 10. The third-order valence-corrected chi connectivity index (χ3v) is 3.78. The molecule has 0 aliphatic heterocycles. The van der Waals surface area contributed by atoms with Gasteiger partial charge in [0.25, 0.3) is 0 Å². The van der Waals surface area contributed by atoms with Crippen molar-refractivity contribution in [3.63, 3.8) is 0 Å². The lowest BCUT2D eigenvalue weighted by Gasteiger charge is -2.15. The van der Waals surface area contributed by atoms with Crippen LogP contribution in [0.5, 0.6) is 0 Å². The second-order valence-electron chi connectivity index (χ2n) is 4.25. The fourth-order valence-corrected chi connectivity index (χ4v) is 2.62. The molecule has 0 amide bonds. The number of unbranched alkanes of at least 4 members (excludes halogenated alkanes) is 1. The van der Waals surface area contributed by atoms with Gasteiger partial charge in [-0.2, -0.15) is 0 Å². The molecule has 2 nitrogen and oxygen atoms in total. The van der Waals surface area contributed by atoms with Crippen LogP contribution in [0, 0.1) is 0 Å². The Morgan fingerprint density at radius 1 is 1.29 bits per heavy atom. The molecular formula is C14H25NOS. The second kappa shape index (κ2) is 9.63. The maximum absolute atomic E-state index is 5.54. The third kappa shape index (κ3) is 6.20. The standard InChI is InChI=1S/C14H25NOS/c1-3-5-10-16-11-7-9-15-13(4-2)14-8-6-12-17-14/h6,8,12-13,15H,3-5,7,9-11H2,1-2H3. The van der Waals surface area contributed by atoms with Crippen molar-refractivity contribution in [2.24, 2.45) is 0 Å². The molecule has 0 radical (unpaired) electrons. The van der Waals surface area contributed by atoms with Gasteiger partial charge in [0.1, 0.15) is 0 Å². The van der Waals surface area contributed by atoms with Crippen LogP contribution in [0.3, 0.4) is 0 Å². The van der Waals surface area contributed by atoms with Crippen molar-refractivity contribution in [3.8, 4) is 0 Å². The van der Waals surface area contributed by atoms with Crippen LogP contribution in [0.25, 0.3) is 0 Å². The summed E-state index contributed by atoms with van der Waals surface area (Å²) in [6.45, 7) is 7.27. The molecule has 0 bridgehead atoms. The normalized spacial score (nSPS) is 12.8. The van der Waals surface area contributed by atoms with Gasteiger partial charge in [0.05, 0.1) is 0 Å². The highest BCUT2D eigenvalue weighted by Gasteiger charge is 2.08. The van der Waals surface area contributed by atoms with Crippen molar-refractivity contribution in [2.75, 3.05) is 19.8 Å². The summed E-state index contributed by atoms with van der Waals surface area (Å²) in [6.07, 6.45) is 4.65.